The molecule has 4 heterocycles. The van der Waals surface area contributed by atoms with Gasteiger partial charge in [0.2, 0.25) is 11.0 Å². The van der Waals surface area contributed by atoms with Gasteiger partial charge in [-0.25, -0.2) is 9.79 Å². The molecular formula is C25H28N4O5S2. The lowest BCUT2D eigenvalue weighted by atomic mass is 9.90. The van der Waals surface area contributed by atoms with Crippen molar-refractivity contribution in [2.24, 2.45) is 4.99 Å². The maximum Gasteiger partial charge on any atom is 0.409 e. The van der Waals surface area contributed by atoms with Gasteiger partial charge in [-0.3, -0.25) is 9.69 Å². The van der Waals surface area contributed by atoms with Gasteiger partial charge in [-0.2, -0.15) is 0 Å². The second-order valence-corrected chi connectivity index (χ2v) is 11.1. The van der Waals surface area contributed by atoms with Gasteiger partial charge >= 0.3 is 6.09 Å². The number of aliphatic imine (C=N–C) groups is 1. The molecule has 0 unspecified atom stereocenters. The Hall–Kier alpha value is -2.89. The maximum absolute atomic E-state index is 12.7. The van der Waals surface area contributed by atoms with Crippen LogP contribution in [0, 0.1) is 0 Å². The van der Waals surface area contributed by atoms with Gasteiger partial charge in [-0.1, -0.05) is 6.08 Å². The summed E-state index contributed by atoms with van der Waals surface area (Å²) in [4.78, 5) is 33.1. The Morgan fingerprint density at radius 1 is 1.25 bits per heavy atom. The number of hydrogen-bond donors (Lipinski definition) is 1. The van der Waals surface area contributed by atoms with Gasteiger partial charge in [-0.05, 0) is 62.5 Å². The minimum absolute atomic E-state index is 0.0137. The average molecular weight is 529 g/mol. The molecule has 3 aliphatic rings. The monoisotopic (exact) mass is 528 g/mol. The molecule has 0 radical (unpaired) electrons. The number of carbonyl (C=O) groups is 2. The highest BCUT2D eigenvalue weighted by Gasteiger charge is 2.38. The van der Waals surface area contributed by atoms with Crippen LogP contribution in [0.1, 0.15) is 31.9 Å². The van der Waals surface area contributed by atoms with E-state index >= 15 is 0 Å². The van der Waals surface area contributed by atoms with E-state index < -0.39 is 5.54 Å². The first-order valence-corrected chi connectivity index (χ1v) is 13.0. The highest BCUT2D eigenvalue weighted by atomic mass is 32.2. The summed E-state index contributed by atoms with van der Waals surface area (Å²) in [6.45, 7) is 9.55. The number of aromatic hydroxyl groups is 1. The summed E-state index contributed by atoms with van der Waals surface area (Å²) in [5, 5.41) is 11.8. The molecule has 1 aromatic carbocycles. The van der Waals surface area contributed by atoms with E-state index in [-0.39, 0.29) is 27.1 Å². The number of aromatic nitrogens is 1. The van der Waals surface area contributed by atoms with E-state index in [4.69, 9.17) is 21.7 Å². The van der Waals surface area contributed by atoms with Gasteiger partial charge in [0, 0.05) is 43.7 Å². The SMILES string of the molecule is CCOC(=O)N1CCN(CC2=CC(C)(C)n3c(O)c(C4=NC(=S)SC4=O)c4cc(OC)cc2c43)CC1. The van der Waals surface area contributed by atoms with E-state index in [2.05, 4.69) is 16.0 Å². The zero-order chi connectivity index (χ0) is 25.8. The van der Waals surface area contributed by atoms with Crippen LogP contribution in [0.2, 0.25) is 0 Å². The molecule has 9 nitrogen and oxygen atoms in total. The molecule has 0 spiro atoms. The van der Waals surface area contributed by atoms with Crippen molar-refractivity contribution in [3.63, 3.8) is 0 Å². The first-order chi connectivity index (χ1) is 17.1. The summed E-state index contributed by atoms with van der Waals surface area (Å²) in [6, 6.07) is 3.80. The minimum atomic E-state index is -0.569. The predicted octanol–water partition coefficient (Wildman–Crippen LogP) is 3.61. The highest BCUT2D eigenvalue weighted by Crippen LogP contribution is 2.47. The number of methoxy groups -OCH3 is 1. The third-order valence-corrected chi connectivity index (χ3v) is 7.79. The number of piperazine rings is 1. The van der Waals surface area contributed by atoms with Crippen molar-refractivity contribution in [3.05, 3.63) is 29.3 Å². The summed E-state index contributed by atoms with van der Waals surface area (Å²) in [7, 11) is 1.60. The Bertz CT molecular complexity index is 1350. The molecule has 190 valence electrons. The van der Waals surface area contributed by atoms with Gasteiger partial charge < -0.3 is 24.0 Å². The standard InChI is InChI=1S/C25H28N4O5S2/c1-5-34-24(32)28-8-6-27(7-9-28)13-14-12-25(2,3)29-20-16(14)10-15(33-4)11-17(20)18(21(29)30)19-22(31)36-23(35)26-19/h10-12,30H,5-9,13H2,1-4H3. The van der Waals surface area contributed by atoms with Gasteiger partial charge in [0.15, 0.2) is 4.32 Å². The van der Waals surface area contributed by atoms with Crippen molar-refractivity contribution in [2.45, 2.75) is 26.3 Å². The number of amides is 1. The molecule has 1 saturated heterocycles. The molecule has 1 amide bonds. The molecule has 0 atom stereocenters. The van der Waals surface area contributed by atoms with Crippen LogP contribution >= 0.6 is 24.0 Å². The highest BCUT2D eigenvalue weighted by molar-refractivity contribution is 8.34. The number of nitrogens with zero attached hydrogens (tertiary/aromatic N) is 4. The molecule has 1 fully saturated rings. The van der Waals surface area contributed by atoms with Crippen LogP contribution in [0.5, 0.6) is 11.6 Å². The van der Waals surface area contributed by atoms with E-state index in [0.717, 1.165) is 41.5 Å². The fourth-order valence-corrected chi connectivity index (χ4v) is 6.08. The molecule has 0 bridgehead atoms. The van der Waals surface area contributed by atoms with Gasteiger partial charge in [0.1, 0.15) is 11.5 Å². The van der Waals surface area contributed by atoms with E-state index in [1.165, 1.54) is 0 Å². The van der Waals surface area contributed by atoms with Crippen molar-refractivity contribution >= 4 is 61.7 Å². The summed E-state index contributed by atoms with van der Waals surface area (Å²) < 4.78 is 12.9. The number of rotatable bonds is 5. The summed E-state index contributed by atoms with van der Waals surface area (Å²) in [6.07, 6.45) is 1.88. The molecular weight excluding hydrogens is 500 g/mol. The quantitative estimate of drug-likeness (QED) is 0.588. The van der Waals surface area contributed by atoms with Crippen LogP contribution in [0.15, 0.2) is 23.2 Å². The van der Waals surface area contributed by atoms with Crippen molar-refractivity contribution in [2.75, 3.05) is 46.4 Å². The predicted molar refractivity (Wildman–Crippen MR) is 144 cm³/mol. The smallest absolute Gasteiger partial charge is 0.409 e. The lowest BCUT2D eigenvalue weighted by Crippen LogP contribution is -2.49. The molecule has 3 aliphatic heterocycles. The topological polar surface area (TPSA) is 96.6 Å². The van der Waals surface area contributed by atoms with Gasteiger partial charge in [-0.15, -0.1) is 0 Å². The number of thiocarbonyl (C=S) groups is 1. The van der Waals surface area contributed by atoms with Crippen LogP contribution < -0.4 is 4.74 Å². The number of thioether (sulfide) groups is 1. The largest absolute Gasteiger partial charge is 0.497 e. The fraction of sp³-hybridized carbons (Fsp3) is 0.440. The maximum atomic E-state index is 12.7. The number of allylic oxidation sites excluding steroid dienone is 1. The summed E-state index contributed by atoms with van der Waals surface area (Å²) in [5.41, 5.74) is 2.83. The number of benzene rings is 1. The van der Waals surface area contributed by atoms with E-state index in [0.29, 0.717) is 42.9 Å². The second-order valence-electron chi connectivity index (χ2n) is 9.51. The zero-order valence-electron chi connectivity index (χ0n) is 20.7. The minimum Gasteiger partial charge on any atom is -0.497 e. The second kappa shape index (κ2) is 9.20. The average Bonchev–Trinajstić information content (AvgIpc) is 3.32. The van der Waals surface area contributed by atoms with E-state index in [1.54, 1.807) is 12.0 Å². The summed E-state index contributed by atoms with van der Waals surface area (Å²) >= 11 is 6.05. The van der Waals surface area contributed by atoms with Gasteiger partial charge in [0.05, 0.1) is 30.3 Å². The van der Waals surface area contributed by atoms with Crippen molar-refractivity contribution in [3.8, 4) is 11.6 Å². The molecule has 11 heteroatoms. The number of ether oxygens (including phenoxy) is 2. The lowest BCUT2D eigenvalue weighted by molar-refractivity contribution is -0.105. The Balaban J connectivity index is 1.55. The molecule has 1 aromatic heterocycles. The van der Waals surface area contributed by atoms with Crippen LogP contribution in [-0.2, 0) is 15.1 Å². The first-order valence-electron chi connectivity index (χ1n) is 11.8. The molecule has 0 aliphatic carbocycles. The lowest BCUT2D eigenvalue weighted by Gasteiger charge is -2.37. The molecule has 36 heavy (non-hydrogen) atoms. The van der Waals surface area contributed by atoms with Crippen molar-refractivity contribution in [1.82, 2.24) is 14.4 Å². The number of carbonyl (C=O) groups excluding carboxylic acids is 2. The third kappa shape index (κ3) is 4.08. The Morgan fingerprint density at radius 3 is 2.58 bits per heavy atom. The first kappa shape index (κ1) is 24.8. The van der Waals surface area contributed by atoms with Crippen molar-refractivity contribution in [1.29, 1.82) is 0 Å². The molecule has 0 saturated carbocycles. The third-order valence-electron chi connectivity index (χ3n) is 6.80. The van der Waals surface area contributed by atoms with Crippen LogP contribution in [0.4, 0.5) is 4.79 Å². The van der Waals surface area contributed by atoms with Crippen molar-refractivity contribution < 1.29 is 24.2 Å². The van der Waals surface area contributed by atoms with E-state index in [1.807, 2.05) is 37.5 Å². The number of hydrogen-bond acceptors (Lipinski definition) is 8. The molecule has 1 N–H and O–H groups in total. The van der Waals surface area contributed by atoms with Crippen LogP contribution in [0.3, 0.4) is 0 Å². The molecule has 2 aromatic rings. The normalized spacial score (nSPS) is 19.5. The Labute approximate surface area is 218 Å². The Kier molecular flexibility index (Phi) is 6.34. The molecule has 5 rings (SSSR count). The van der Waals surface area contributed by atoms with Crippen LogP contribution in [0.25, 0.3) is 16.5 Å². The fourth-order valence-electron chi connectivity index (χ4n) is 5.22. The van der Waals surface area contributed by atoms with Gasteiger partial charge in [0.25, 0.3) is 0 Å². The summed E-state index contributed by atoms with van der Waals surface area (Å²) in [5.74, 6) is 0.607. The van der Waals surface area contributed by atoms with E-state index in [9.17, 15) is 14.7 Å². The van der Waals surface area contributed by atoms with Crippen LogP contribution in [-0.4, -0.2) is 87.2 Å². The Morgan fingerprint density at radius 2 is 1.97 bits per heavy atom. The zero-order valence-corrected chi connectivity index (χ0v) is 22.3.